The fourth-order valence-corrected chi connectivity index (χ4v) is 3.73. The average Bonchev–Trinajstić information content (AvgIpc) is 3.05. The van der Waals surface area contributed by atoms with Crippen molar-refractivity contribution in [2.24, 2.45) is 5.92 Å². The summed E-state index contributed by atoms with van der Waals surface area (Å²) in [5, 5.41) is 24.5. The lowest BCUT2D eigenvalue weighted by Crippen LogP contribution is -2.28. The first-order valence-corrected chi connectivity index (χ1v) is 8.78. The maximum atomic E-state index is 11.5. The standard InChI is InChI=1S/C20H21N3O3/c24-17-5-3-14(15-4-6-19(26)23-20(15)17)18(25)11-21-10-12-8-13-2-1-7-22-16(13)9-12/h1-7,12,18,21,24-25H,8-11H2,(H,23,26)/t12?,18-/m0/s1. The number of fused-ring (bicyclic) bond motifs is 2. The minimum absolute atomic E-state index is 0.00201. The van der Waals surface area contributed by atoms with E-state index in [1.807, 2.05) is 12.3 Å². The van der Waals surface area contributed by atoms with Crippen molar-refractivity contribution in [2.45, 2.75) is 18.9 Å². The lowest BCUT2D eigenvalue weighted by Gasteiger charge is -2.17. The number of aromatic hydroxyl groups is 1. The number of nitrogens with one attached hydrogen (secondary N) is 2. The summed E-state index contributed by atoms with van der Waals surface area (Å²) in [6, 6.07) is 10.3. The van der Waals surface area contributed by atoms with Gasteiger partial charge in [-0.2, -0.15) is 0 Å². The zero-order valence-electron chi connectivity index (χ0n) is 14.3. The molecule has 2 aromatic heterocycles. The van der Waals surface area contributed by atoms with Crippen molar-refractivity contribution in [1.82, 2.24) is 15.3 Å². The third kappa shape index (κ3) is 3.21. The van der Waals surface area contributed by atoms with Crippen LogP contribution in [-0.4, -0.2) is 33.3 Å². The number of aromatic nitrogens is 2. The molecule has 2 heterocycles. The Hall–Kier alpha value is -2.70. The maximum Gasteiger partial charge on any atom is 0.248 e. The fourth-order valence-electron chi connectivity index (χ4n) is 3.73. The van der Waals surface area contributed by atoms with Crippen molar-refractivity contribution in [2.75, 3.05) is 13.1 Å². The molecule has 0 spiro atoms. The van der Waals surface area contributed by atoms with Crippen molar-refractivity contribution in [3.8, 4) is 5.75 Å². The third-order valence-corrected chi connectivity index (χ3v) is 5.01. The van der Waals surface area contributed by atoms with E-state index in [0.717, 1.165) is 19.4 Å². The molecule has 0 saturated carbocycles. The molecule has 1 aliphatic carbocycles. The van der Waals surface area contributed by atoms with E-state index in [0.29, 0.717) is 28.9 Å². The van der Waals surface area contributed by atoms with Crippen LogP contribution in [0.2, 0.25) is 0 Å². The molecule has 134 valence electrons. The van der Waals surface area contributed by atoms with Gasteiger partial charge in [-0.25, -0.2) is 0 Å². The number of benzene rings is 1. The molecule has 1 aliphatic rings. The van der Waals surface area contributed by atoms with Gasteiger partial charge in [-0.05, 0) is 54.6 Å². The number of pyridine rings is 2. The number of phenols is 1. The van der Waals surface area contributed by atoms with Gasteiger partial charge in [-0.3, -0.25) is 9.78 Å². The normalized spacial score (nSPS) is 17.3. The first-order chi connectivity index (χ1) is 12.6. The lowest BCUT2D eigenvalue weighted by atomic mass is 10.0. The topological polar surface area (TPSA) is 98.2 Å². The summed E-state index contributed by atoms with van der Waals surface area (Å²) in [5.74, 6) is 0.484. The number of H-pyrrole nitrogens is 1. The monoisotopic (exact) mass is 351 g/mol. The highest BCUT2D eigenvalue weighted by Crippen LogP contribution is 2.29. The Balaban J connectivity index is 1.42. The van der Waals surface area contributed by atoms with Crippen LogP contribution in [0.3, 0.4) is 0 Å². The van der Waals surface area contributed by atoms with Crippen LogP contribution in [0.15, 0.2) is 47.4 Å². The molecule has 6 nitrogen and oxygen atoms in total. The van der Waals surface area contributed by atoms with Gasteiger partial charge in [0.05, 0.1) is 11.6 Å². The summed E-state index contributed by atoms with van der Waals surface area (Å²) < 4.78 is 0. The summed E-state index contributed by atoms with van der Waals surface area (Å²) >= 11 is 0. The molecule has 0 fully saturated rings. The van der Waals surface area contributed by atoms with Gasteiger partial charge in [-0.1, -0.05) is 12.1 Å². The van der Waals surface area contributed by atoms with Gasteiger partial charge >= 0.3 is 0 Å². The van der Waals surface area contributed by atoms with Crippen LogP contribution >= 0.6 is 0 Å². The van der Waals surface area contributed by atoms with Crippen molar-refractivity contribution in [3.05, 3.63) is 69.8 Å². The Morgan fingerprint density at radius 1 is 1.23 bits per heavy atom. The van der Waals surface area contributed by atoms with Crippen LogP contribution in [-0.2, 0) is 12.8 Å². The molecule has 0 amide bonds. The number of aliphatic hydroxyl groups excluding tert-OH is 1. The second kappa shape index (κ2) is 6.90. The van der Waals surface area contributed by atoms with Crippen LogP contribution in [0.5, 0.6) is 5.75 Å². The lowest BCUT2D eigenvalue weighted by molar-refractivity contribution is 0.174. The number of hydrogen-bond acceptors (Lipinski definition) is 5. The van der Waals surface area contributed by atoms with Gasteiger partial charge in [0.2, 0.25) is 5.56 Å². The van der Waals surface area contributed by atoms with E-state index in [4.69, 9.17) is 0 Å². The molecule has 1 aromatic carbocycles. The zero-order chi connectivity index (χ0) is 18.1. The quantitative estimate of drug-likeness (QED) is 0.560. The van der Waals surface area contributed by atoms with Crippen LogP contribution in [0.1, 0.15) is 22.9 Å². The molecule has 0 radical (unpaired) electrons. The van der Waals surface area contributed by atoms with Crippen LogP contribution in [0.4, 0.5) is 0 Å². The molecule has 0 saturated heterocycles. The summed E-state index contributed by atoms with van der Waals surface area (Å²) in [5.41, 5.74) is 3.23. The Morgan fingerprint density at radius 2 is 2.12 bits per heavy atom. The van der Waals surface area contributed by atoms with E-state index in [1.54, 1.807) is 12.1 Å². The molecule has 2 atom stereocenters. The number of aliphatic hydroxyl groups is 1. The molecule has 4 rings (SSSR count). The number of rotatable bonds is 5. The Bertz CT molecular complexity index is 974. The van der Waals surface area contributed by atoms with Crippen LogP contribution < -0.4 is 10.9 Å². The summed E-state index contributed by atoms with van der Waals surface area (Å²) in [4.78, 5) is 18.5. The molecule has 26 heavy (non-hydrogen) atoms. The number of hydrogen-bond donors (Lipinski definition) is 4. The highest BCUT2D eigenvalue weighted by molar-refractivity contribution is 5.87. The van der Waals surface area contributed by atoms with Crippen molar-refractivity contribution in [1.29, 1.82) is 0 Å². The van der Waals surface area contributed by atoms with E-state index in [-0.39, 0.29) is 11.3 Å². The smallest absolute Gasteiger partial charge is 0.248 e. The van der Waals surface area contributed by atoms with Gasteiger partial charge in [0, 0.05) is 29.9 Å². The molecular formula is C20H21N3O3. The Labute approximate surface area is 150 Å². The number of phenolic OH excluding ortho intramolecular Hbond substituents is 1. The van der Waals surface area contributed by atoms with Crippen LogP contribution in [0, 0.1) is 5.92 Å². The van der Waals surface area contributed by atoms with Gasteiger partial charge in [0.15, 0.2) is 0 Å². The van der Waals surface area contributed by atoms with Gasteiger partial charge in [0.25, 0.3) is 0 Å². The molecule has 6 heteroatoms. The molecule has 4 N–H and O–H groups in total. The minimum atomic E-state index is -0.731. The molecule has 0 aliphatic heterocycles. The number of aromatic amines is 1. The van der Waals surface area contributed by atoms with Gasteiger partial charge < -0.3 is 20.5 Å². The molecule has 0 bridgehead atoms. The summed E-state index contributed by atoms with van der Waals surface area (Å²) in [7, 11) is 0. The largest absolute Gasteiger partial charge is 0.506 e. The Morgan fingerprint density at radius 3 is 2.96 bits per heavy atom. The second-order valence-electron chi connectivity index (χ2n) is 6.84. The first-order valence-electron chi connectivity index (χ1n) is 8.78. The van der Waals surface area contributed by atoms with Crippen molar-refractivity contribution >= 4 is 10.9 Å². The minimum Gasteiger partial charge on any atom is -0.506 e. The van der Waals surface area contributed by atoms with Gasteiger partial charge in [-0.15, -0.1) is 0 Å². The molecule has 3 aromatic rings. The predicted octanol–water partition coefficient (Wildman–Crippen LogP) is 1.67. The van der Waals surface area contributed by atoms with E-state index in [2.05, 4.69) is 21.4 Å². The van der Waals surface area contributed by atoms with Gasteiger partial charge in [0.1, 0.15) is 5.75 Å². The van der Waals surface area contributed by atoms with E-state index >= 15 is 0 Å². The van der Waals surface area contributed by atoms with Crippen molar-refractivity contribution in [3.63, 3.8) is 0 Å². The predicted molar refractivity (Wildman–Crippen MR) is 99.2 cm³/mol. The third-order valence-electron chi connectivity index (χ3n) is 5.01. The SMILES string of the molecule is O=c1ccc2c([C@@H](O)CNCC3Cc4cccnc4C3)ccc(O)c2[nH]1. The van der Waals surface area contributed by atoms with E-state index < -0.39 is 6.10 Å². The molecule has 1 unspecified atom stereocenters. The summed E-state index contributed by atoms with van der Waals surface area (Å²) in [6.07, 6.45) is 3.07. The maximum absolute atomic E-state index is 11.5. The van der Waals surface area contributed by atoms with Crippen molar-refractivity contribution < 1.29 is 10.2 Å². The molecular weight excluding hydrogens is 330 g/mol. The van der Waals surface area contributed by atoms with E-state index in [1.165, 1.54) is 23.4 Å². The highest BCUT2D eigenvalue weighted by atomic mass is 16.3. The highest BCUT2D eigenvalue weighted by Gasteiger charge is 2.22. The fraction of sp³-hybridized carbons (Fsp3) is 0.300. The van der Waals surface area contributed by atoms with E-state index in [9.17, 15) is 15.0 Å². The second-order valence-corrected chi connectivity index (χ2v) is 6.84. The number of nitrogens with zero attached hydrogens (tertiary/aromatic N) is 1. The first kappa shape index (κ1) is 16.8. The zero-order valence-corrected chi connectivity index (χ0v) is 14.3. The van der Waals surface area contributed by atoms with Crippen LogP contribution in [0.25, 0.3) is 10.9 Å². The Kier molecular flexibility index (Phi) is 4.44. The summed E-state index contributed by atoms with van der Waals surface area (Å²) in [6.45, 7) is 1.21. The average molecular weight is 351 g/mol.